The fraction of sp³-hybridized carbons (Fsp3) is 0.875. The molecule has 4 heteroatoms. The lowest BCUT2D eigenvalue weighted by molar-refractivity contribution is 0.0131. The first-order valence-electron chi connectivity index (χ1n) is 3.97. The SMILES string of the molecule is CC(C)(C)OC(=O)N1CCC1.N. The van der Waals surface area contributed by atoms with Crippen LogP contribution in [0, 0.1) is 0 Å². The highest BCUT2D eigenvalue weighted by Gasteiger charge is 2.25. The molecule has 0 bridgehead atoms. The van der Waals surface area contributed by atoms with E-state index >= 15 is 0 Å². The summed E-state index contributed by atoms with van der Waals surface area (Å²) in [5.74, 6) is 0. The molecular weight excluding hydrogens is 156 g/mol. The normalized spacial score (nSPS) is 16.1. The lowest BCUT2D eigenvalue weighted by atomic mass is 10.2. The topological polar surface area (TPSA) is 64.5 Å². The van der Waals surface area contributed by atoms with Crippen molar-refractivity contribution in [3.63, 3.8) is 0 Å². The first-order chi connectivity index (χ1) is 4.99. The molecule has 0 radical (unpaired) electrons. The van der Waals surface area contributed by atoms with E-state index in [4.69, 9.17) is 4.74 Å². The van der Waals surface area contributed by atoms with Gasteiger partial charge in [-0.25, -0.2) is 4.79 Å². The summed E-state index contributed by atoms with van der Waals surface area (Å²) in [5, 5.41) is 0. The highest BCUT2D eigenvalue weighted by Crippen LogP contribution is 2.13. The van der Waals surface area contributed by atoms with Crippen LogP contribution in [0.1, 0.15) is 27.2 Å². The van der Waals surface area contributed by atoms with E-state index in [1.807, 2.05) is 20.8 Å². The van der Waals surface area contributed by atoms with Crippen LogP contribution in [0.5, 0.6) is 0 Å². The van der Waals surface area contributed by atoms with Crippen molar-refractivity contribution in [3.05, 3.63) is 0 Å². The second-order valence-corrected chi connectivity index (χ2v) is 3.82. The number of carbonyl (C=O) groups is 1. The Morgan fingerprint density at radius 2 is 1.83 bits per heavy atom. The van der Waals surface area contributed by atoms with Crippen LogP contribution in [-0.4, -0.2) is 29.7 Å². The third kappa shape index (κ3) is 3.09. The predicted octanol–water partition coefficient (Wildman–Crippen LogP) is 1.79. The molecule has 1 heterocycles. The van der Waals surface area contributed by atoms with Gasteiger partial charge in [0.25, 0.3) is 0 Å². The summed E-state index contributed by atoms with van der Waals surface area (Å²) in [6.45, 7) is 7.35. The Balaban J connectivity index is 0.00000121. The Hall–Kier alpha value is -0.770. The molecule has 1 rings (SSSR count). The van der Waals surface area contributed by atoms with Crippen LogP contribution in [0.3, 0.4) is 0 Å². The molecule has 0 unspecified atom stereocenters. The van der Waals surface area contributed by atoms with Crippen molar-refractivity contribution in [3.8, 4) is 0 Å². The average molecular weight is 174 g/mol. The number of hydrogen-bond donors (Lipinski definition) is 1. The van der Waals surface area contributed by atoms with E-state index in [0.717, 1.165) is 19.5 Å². The Kier molecular flexibility index (Phi) is 3.52. The van der Waals surface area contributed by atoms with Gasteiger partial charge in [0.2, 0.25) is 0 Å². The standard InChI is InChI=1S/C8H15NO2.H3N/c1-8(2,3)11-7(10)9-5-4-6-9;/h4-6H2,1-3H3;1H3. The molecule has 0 atom stereocenters. The smallest absolute Gasteiger partial charge is 0.410 e. The molecule has 72 valence electrons. The zero-order valence-electron chi connectivity index (χ0n) is 8.09. The quantitative estimate of drug-likeness (QED) is 0.609. The van der Waals surface area contributed by atoms with E-state index in [-0.39, 0.29) is 17.8 Å². The summed E-state index contributed by atoms with van der Waals surface area (Å²) >= 11 is 0. The Morgan fingerprint density at radius 1 is 1.33 bits per heavy atom. The number of nitrogens with zero attached hydrogens (tertiary/aromatic N) is 1. The molecule has 1 aliphatic heterocycles. The van der Waals surface area contributed by atoms with Crippen LogP contribution < -0.4 is 6.15 Å². The van der Waals surface area contributed by atoms with Gasteiger partial charge in [-0.3, -0.25) is 0 Å². The summed E-state index contributed by atoms with van der Waals surface area (Å²) in [6.07, 6.45) is 0.933. The maximum Gasteiger partial charge on any atom is 0.410 e. The first-order valence-corrected chi connectivity index (χ1v) is 3.97. The molecule has 0 saturated carbocycles. The third-order valence-electron chi connectivity index (χ3n) is 1.51. The summed E-state index contributed by atoms with van der Waals surface area (Å²) in [6, 6.07) is 0. The van der Waals surface area contributed by atoms with Crippen LogP contribution >= 0.6 is 0 Å². The van der Waals surface area contributed by atoms with E-state index in [1.165, 1.54) is 0 Å². The van der Waals surface area contributed by atoms with Gasteiger partial charge in [0.1, 0.15) is 5.60 Å². The monoisotopic (exact) mass is 174 g/mol. The lowest BCUT2D eigenvalue weighted by Crippen LogP contribution is -2.44. The number of carbonyl (C=O) groups excluding carboxylic acids is 1. The minimum absolute atomic E-state index is 0. The summed E-state index contributed by atoms with van der Waals surface area (Å²) in [7, 11) is 0. The number of rotatable bonds is 0. The maximum atomic E-state index is 11.1. The molecule has 0 aromatic carbocycles. The van der Waals surface area contributed by atoms with Gasteiger partial charge < -0.3 is 15.8 Å². The molecule has 1 saturated heterocycles. The van der Waals surface area contributed by atoms with Crippen molar-refractivity contribution in [2.45, 2.75) is 32.8 Å². The first kappa shape index (κ1) is 11.2. The second-order valence-electron chi connectivity index (χ2n) is 3.82. The largest absolute Gasteiger partial charge is 0.444 e. The lowest BCUT2D eigenvalue weighted by Gasteiger charge is -2.32. The molecule has 0 spiro atoms. The van der Waals surface area contributed by atoms with Crippen molar-refractivity contribution >= 4 is 6.09 Å². The van der Waals surface area contributed by atoms with Gasteiger partial charge in [-0.1, -0.05) is 0 Å². The molecular formula is C8H18N2O2. The van der Waals surface area contributed by atoms with Crippen molar-refractivity contribution in [2.24, 2.45) is 0 Å². The fourth-order valence-corrected chi connectivity index (χ4v) is 0.825. The average Bonchev–Trinajstić information content (AvgIpc) is 1.50. The molecule has 12 heavy (non-hydrogen) atoms. The number of amides is 1. The zero-order valence-corrected chi connectivity index (χ0v) is 8.09. The van der Waals surface area contributed by atoms with Crippen molar-refractivity contribution < 1.29 is 9.53 Å². The summed E-state index contributed by atoms with van der Waals surface area (Å²) in [4.78, 5) is 12.9. The number of likely N-dealkylation sites (tertiary alicyclic amines) is 1. The van der Waals surface area contributed by atoms with E-state index in [1.54, 1.807) is 4.90 Å². The van der Waals surface area contributed by atoms with Gasteiger partial charge in [-0.15, -0.1) is 0 Å². The number of ether oxygens (including phenoxy) is 1. The molecule has 0 aliphatic carbocycles. The van der Waals surface area contributed by atoms with Gasteiger partial charge in [0.15, 0.2) is 0 Å². The second kappa shape index (κ2) is 3.76. The molecule has 0 aromatic heterocycles. The van der Waals surface area contributed by atoms with Crippen LogP contribution in [0.25, 0.3) is 0 Å². The fourth-order valence-electron chi connectivity index (χ4n) is 0.825. The molecule has 3 N–H and O–H groups in total. The molecule has 4 nitrogen and oxygen atoms in total. The van der Waals surface area contributed by atoms with Gasteiger partial charge in [0.05, 0.1) is 0 Å². The van der Waals surface area contributed by atoms with Gasteiger partial charge >= 0.3 is 6.09 Å². The van der Waals surface area contributed by atoms with Crippen molar-refractivity contribution in [1.29, 1.82) is 0 Å². The van der Waals surface area contributed by atoms with Crippen molar-refractivity contribution in [1.82, 2.24) is 11.1 Å². The third-order valence-corrected chi connectivity index (χ3v) is 1.51. The minimum Gasteiger partial charge on any atom is -0.444 e. The van der Waals surface area contributed by atoms with Crippen LogP contribution in [0.4, 0.5) is 4.79 Å². The maximum absolute atomic E-state index is 11.1. The van der Waals surface area contributed by atoms with Gasteiger partial charge in [-0.2, -0.15) is 0 Å². The Morgan fingerprint density at radius 3 is 2.08 bits per heavy atom. The Labute approximate surface area is 73.5 Å². The van der Waals surface area contributed by atoms with Crippen molar-refractivity contribution in [2.75, 3.05) is 13.1 Å². The molecule has 1 fully saturated rings. The zero-order chi connectivity index (χ0) is 8.48. The molecule has 0 aromatic rings. The highest BCUT2D eigenvalue weighted by molar-refractivity contribution is 5.68. The van der Waals surface area contributed by atoms with E-state index in [9.17, 15) is 4.79 Å². The van der Waals surface area contributed by atoms with Crippen LogP contribution in [0.15, 0.2) is 0 Å². The highest BCUT2D eigenvalue weighted by atomic mass is 16.6. The van der Waals surface area contributed by atoms with E-state index < -0.39 is 0 Å². The summed E-state index contributed by atoms with van der Waals surface area (Å²) < 4.78 is 5.13. The van der Waals surface area contributed by atoms with Crippen LogP contribution in [0.2, 0.25) is 0 Å². The minimum atomic E-state index is -0.354. The molecule has 1 amide bonds. The summed E-state index contributed by atoms with van der Waals surface area (Å²) in [5.41, 5.74) is -0.354. The molecule has 1 aliphatic rings. The predicted molar refractivity (Wildman–Crippen MR) is 47.4 cm³/mol. The van der Waals surface area contributed by atoms with Gasteiger partial charge in [-0.05, 0) is 27.2 Å². The van der Waals surface area contributed by atoms with Gasteiger partial charge in [0, 0.05) is 13.1 Å². The van der Waals surface area contributed by atoms with E-state index in [2.05, 4.69) is 0 Å². The van der Waals surface area contributed by atoms with E-state index in [0.29, 0.717) is 0 Å². The number of hydrogen-bond acceptors (Lipinski definition) is 3. The van der Waals surface area contributed by atoms with Crippen LogP contribution in [-0.2, 0) is 4.74 Å². The Bertz CT molecular complexity index is 159.